The molecular formula is C13H20N2OS. The maximum Gasteiger partial charge on any atom is 0.224 e. The van der Waals surface area contributed by atoms with E-state index >= 15 is 0 Å². The van der Waals surface area contributed by atoms with Crippen LogP contribution >= 0.6 is 11.8 Å². The van der Waals surface area contributed by atoms with Gasteiger partial charge in [0, 0.05) is 11.3 Å². The molecule has 1 unspecified atom stereocenters. The summed E-state index contributed by atoms with van der Waals surface area (Å²) in [7, 11) is 0. The first-order valence-electron chi connectivity index (χ1n) is 5.89. The Morgan fingerprint density at radius 3 is 2.82 bits per heavy atom. The molecule has 1 aromatic rings. The van der Waals surface area contributed by atoms with Gasteiger partial charge in [0.15, 0.2) is 0 Å². The van der Waals surface area contributed by atoms with Gasteiger partial charge in [-0.3, -0.25) is 4.79 Å². The van der Waals surface area contributed by atoms with Crippen molar-refractivity contribution in [3.8, 4) is 0 Å². The molecule has 0 fully saturated rings. The predicted molar refractivity (Wildman–Crippen MR) is 74.3 cm³/mol. The molecule has 0 heterocycles. The number of benzene rings is 1. The molecule has 1 rings (SSSR count). The molecule has 0 aliphatic rings. The minimum atomic E-state index is 0.0344. The lowest BCUT2D eigenvalue weighted by atomic mass is 10.1. The summed E-state index contributed by atoms with van der Waals surface area (Å²) in [5.41, 5.74) is 6.40. The summed E-state index contributed by atoms with van der Waals surface area (Å²) in [6.45, 7) is 4.62. The predicted octanol–water partition coefficient (Wildman–Crippen LogP) is 2.72. The average molecular weight is 252 g/mol. The summed E-state index contributed by atoms with van der Waals surface area (Å²) in [6.07, 6.45) is 0.474. The summed E-state index contributed by atoms with van der Waals surface area (Å²) in [6, 6.07) is 7.87. The van der Waals surface area contributed by atoms with E-state index < -0.39 is 0 Å². The Morgan fingerprint density at radius 2 is 2.18 bits per heavy atom. The summed E-state index contributed by atoms with van der Waals surface area (Å²) < 4.78 is 0. The fourth-order valence-electron chi connectivity index (χ4n) is 1.45. The molecular weight excluding hydrogens is 232 g/mol. The monoisotopic (exact) mass is 252 g/mol. The van der Waals surface area contributed by atoms with Crippen molar-refractivity contribution in [3.63, 3.8) is 0 Å². The number of nitrogens with two attached hydrogens (primary N) is 1. The maximum absolute atomic E-state index is 11.8. The molecule has 0 aliphatic carbocycles. The van der Waals surface area contributed by atoms with Gasteiger partial charge in [-0.15, -0.1) is 11.8 Å². The van der Waals surface area contributed by atoms with Gasteiger partial charge in [-0.1, -0.05) is 26.0 Å². The molecule has 0 saturated carbocycles. The zero-order valence-electron chi connectivity index (χ0n) is 10.4. The Bertz CT molecular complexity index is 368. The van der Waals surface area contributed by atoms with Gasteiger partial charge in [-0.05, 0) is 30.3 Å². The van der Waals surface area contributed by atoms with Gasteiger partial charge >= 0.3 is 0 Å². The first-order chi connectivity index (χ1) is 8.17. The van der Waals surface area contributed by atoms with E-state index in [0.29, 0.717) is 13.0 Å². The number of hydrogen-bond donors (Lipinski definition) is 2. The van der Waals surface area contributed by atoms with E-state index in [-0.39, 0.29) is 11.8 Å². The zero-order valence-corrected chi connectivity index (χ0v) is 11.2. The molecule has 1 atom stereocenters. The van der Waals surface area contributed by atoms with E-state index in [1.807, 2.05) is 31.2 Å². The molecule has 0 aromatic heterocycles. The number of para-hydroxylation sites is 1. The number of anilines is 1. The molecule has 0 radical (unpaired) electrons. The van der Waals surface area contributed by atoms with Gasteiger partial charge in [-0.25, -0.2) is 0 Å². The second kappa shape index (κ2) is 7.35. The smallest absolute Gasteiger partial charge is 0.224 e. The Labute approximate surface area is 107 Å². The third-order valence-electron chi connectivity index (χ3n) is 2.40. The topological polar surface area (TPSA) is 55.1 Å². The standard InChI is InChI=1S/C13H20N2OS/c1-3-17-12-7-5-4-6-11(12)15-13(16)8-10(2)9-14/h4-7,10H,3,8-9,14H2,1-2H3,(H,15,16). The van der Waals surface area contributed by atoms with Crippen molar-refractivity contribution in [1.29, 1.82) is 0 Å². The fraction of sp³-hybridized carbons (Fsp3) is 0.462. The van der Waals surface area contributed by atoms with Gasteiger partial charge in [0.05, 0.1) is 5.69 Å². The average Bonchev–Trinajstić information content (AvgIpc) is 2.31. The van der Waals surface area contributed by atoms with Crippen LogP contribution in [0.25, 0.3) is 0 Å². The number of thioether (sulfide) groups is 1. The van der Waals surface area contributed by atoms with Gasteiger partial charge in [-0.2, -0.15) is 0 Å². The number of carbonyl (C=O) groups excluding carboxylic acids is 1. The highest BCUT2D eigenvalue weighted by atomic mass is 32.2. The lowest BCUT2D eigenvalue weighted by Crippen LogP contribution is -2.20. The van der Waals surface area contributed by atoms with Crippen molar-refractivity contribution in [1.82, 2.24) is 0 Å². The molecule has 0 bridgehead atoms. The third kappa shape index (κ3) is 4.79. The highest BCUT2D eigenvalue weighted by Crippen LogP contribution is 2.26. The summed E-state index contributed by atoms with van der Waals surface area (Å²) in [5.74, 6) is 1.25. The van der Waals surface area contributed by atoms with Crippen LogP contribution in [-0.4, -0.2) is 18.2 Å². The lowest BCUT2D eigenvalue weighted by Gasteiger charge is -2.12. The van der Waals surface area contributed by atoms with Gasteiger partial charge < -0.3 is 11.1 Å². The molecule has 1 amide bonds. The number of nitrogens with one attached hydrogen (secondary N) is 1. The highest BCUT2D eigenvalue weighted by Gasteiger charge is 2.09. The van der Waals surface area contributed by atoms with Crippen molar-refractivity contribution in [2.24, 2.45) is 11.7 Å². The zero-order chi connectivity index (χ0) is 12.7. The van der Waals surface area contributed by atoms with E-state index in [0.717, 1.165) is 16.3 Å². The minimum absolute atomic E-state index is 0.0344. The first kappa shape index (κ1) is 14.1. The highest BCUT2D eigenvalue weighted by molar-refractivity contribution is 7.99. The normalized spacial score (nSPS) is 12.2. The van der Waals surface area contributed by atoms with Crippen molar-refractivity contribution >= 4 is 23.4 Å². The summed E-state index contributed by atoms with van der Waals surface area (Å²) in [5, 5.41) is 2.95. The minimum Gasteiger partial charge on any atom is -0.330 e. The van der Waals surface area contributed by atoms with Crippen LogP contribution in [0.4, 0.5) is 5.69 Å². The lowest BCUT2D eigenvalue weighted by molar-refractivity contribution is -0.116. The summed E-state index contributed by atoms with van der Waals surface area (Å²) in [4.78, 5) is 12.9. The molecule has 1 aromatic carbocycles. The molecule has 3 N–H and O–H groups in total. The van der Waals surface area contributed by atoms with E-state index in [9.17, 15) is 4.79 Å². The van der Waals surface area contributed by atoms with E-state index in [1.165, 1.54) is 0 Å². The van der Waals surface area contributed by atoms with Crippen LogP contribution in [0.15, 0.2) is 29.2 Å². The fourth-order valence-corrected chi connectivity index (χ4v) is 2.21. The first-order valence-corrected chi connectivity index (χ1v) is 6.87. The van der Waals surface area contributed by atoms with Crippen molar-refractivity contribution in [2.45, 2.75) is 25.2 Å². The van der Waals surface area contributed by atoms with Crippen molar-refractivity contribution in [2.75, 3.05) is 17.6 Å². The van der Waals surface area contributed by atoms with E-state index in [1.54, 1.807) is 11.8 Å². The van der Waals surface area contributed by atoms with Crippen LogP contribution < -0.4 is 11.1 Å². The number of rotatable bonds is 6. The molecule has 0 spiro atoms. The Balaban J connectivity index is 2.64. The van der Waals surface area contributed by atoms with Gasteiger partial charge in [0.2, 0.25) is 5.91 Å². The van der Waals surface area contributed by atoms with Crippen LogP contribution in [0.3, 0.4) is 0 Å². The van der Waals surface area contributed by atoms with Crippen LogP contribution in [0.2, 0.25) is 0 Å². The molecule has 17 heavy (non-hydrogen) atoms. The van der Waals surface area contributed by atoms with Gasteiger partial charge in [0.25, 0.3) is 0 Å². The second-order valence-electron chi connectivity index (χ2n) is 4.02. The Hall–Kier alpha value is -1.00. The van der Waals surface area contributed by atoms with Crippen molar-refractivity contribution < 1.29 is 4.79 Å². The van der Waals surface area contributed by atoms with Crippen LogP contribution in [-0.2, 0) is 4.79 Å². The number of hydrogen-bond acceptors (Lipinski definition) is 3. The summed E-state index contributed by atoms with van der Waals surface area (Å²) >= 11 is 1.73. The van der Waals surface area contributed by atoms with Crippen LogP contribution in [0.1, 0.15) is 20.3 Å². The molecule has 4 heteroatoms. The SMILES string of the molecule is CCSc1ccccc1NC(=O)CC(C)CN. The Kier molecular flexibility index (Phi) is 6.08. The quantitative estimate of drug-likeness (QED) is 0.765. The van der Waals surface area contributed by atoms with E-state index in [4.69, 9.17) is 5.73 Å². The maximum atomic E-state index is 11.8. The van der Waals surface area contributed by atoms with Crippen LogP contribution in [0.5, 0.6) is 0 Å². The number of amides is 1. The molecule has 3 nitrogen and oxygen atoms in total. The van der Waals surface area contributed by atoms with Gasteiger partial charge in [0.1, 0.15) is 0 Å². The third-order valence-corrected chi connectivity index (χ3v) is 3.35. The second-order valence-corrected chi connectivity index (χ2v) is 5.33. The van der Waals surface area contributed by atoms with E-state index in [2.05, 4.69) is 12.2 Å². The molecule has 0 aliphatic heterocycles. The van der Waals surface area contributed by atoms with Crippen LogP contribution in [0, 0.1) is 5.92 Å². The largest absolute Gasteiger partial charge is 0.330 e. The Morgan fingerprint density at radius 1 is 1.47 bits per heavy atom. The molecule has 0 saturated heterocycles. The van der Waals surface area contributed by atoms with Crippen molar-refractivity contribution in [3.05, 3.63) is 24.3 Å². The number of carbonyl (C=O) groups is 1. The molecule has 94 valence electrons.